The van der Waals surface area contributed by atoms with Crippen LogP contribution in [0.5, 0.6) is 0 Å². The number of hydrogen-bond donors (Lipinski definition) is 0. The summed E-state index contributed by atoms with van der Waals surface area (Å²) in [7, 11) is 0. The standard InChI is InChI=1S/C19H13NOS/c21-18(10-13-4-2-1-3-5-13)14-6-7-17-16(11-14)12-15-8-9-22-19(15)20-17/h1-9,11-12H,10H2. The first-order valence-electron chi connectivity index (χ1n) is 7.15. The Kier molecular flexibility index (Phi) is 3.20. The van der Waals surface area contributed by atoms with E-state index in [9.17, 15) is 4.79 Å². The molecule has 0 aliphatic carbocycles. The minimum atomic E-state index is 0.138. The van der Waals surface area contributed by atoms with E-state index in [0.717, 1.165) is 32.2 Å². The SMILES string of the molecule is O=C(Cc1ccccc1)c1ccc2nc3sccc3cc2c1. The number of aromatic nitrogens is 1. The lowest BCUT2D eigenvalue weighted by Crippen LogP contribution is -2.03. The zero-order valence-corrected chi connectivity index (χ0v) is 12.6. The third kappa shape index (κ3) is 2.40. The van der Waals surface area contributed by atoms with E-state index in [-0.39, 0.29) is 5.78 Å². The highest BCUT2D eigenvalue weighted by Gasteiger charge is 2.09. The molecule has 2 nitrogen and oxygen atoms in total. The molecule has 0 N–H and O–H groups in total. The van der Waals surface area contributed by atoms with E-state index < -0.39 is 0 Å². The summed E-state index contributed by atoms with van der Waals surface area (Å²) in [6, 6.07) is 19.8. The van der Waals surface area contributed by atoms with E-state index >= 15 is 0 Å². The molecular weight excluding hydrogens is 290 g/mol. The van der Waals surface area contributed by atoms with Crippen LogP contribution in [-0.2, 0) is 6.42 Å². The molecule has 3 heteroatoms. The molecule has 0 unspecified atom stereocenters. The van der Waals surface area contributed by atoms with Gasteiger partial charge in [-0.1, -0.05) is 30.3 Å². The second kappa shape index (κ2) is 5.35. The first kappa shape index (κ1) is 13.2. The van der Waals surface area contributed by atoms with Crippen LogP contribution in [0.1, 0.15) is 15.9 Å². The molecule has 2 aromatic carbocycles. The molecule has 22 heavy (non-hydrogen) atoms. The lowest BCUT2D eigenvalue weighted by molar-refractivity contribution is 0.0993. The van der Waals surface area contributed by atoms with Gasteiger partial charge in [-0.3, -0.25) is 4.79 Å². The quantitative estimate of drug-likeness (QED) is 0.505. The van der Waals surface area contributed by atoms with Crippen molar-refractivity contribution in [1.82, 2.24) is 4.98 Å². The molecule has 0 spiro atoms. The Balaban J connectivity index is 1.72. The highest BCUT2D eigenvalue weighted by atomic mass is 32.1. The van der Waals surface area contributed by atoms with Gasteiger partial charge in [0, 0.05) is 22.8 Å². The van der Waals surface area contributed by atoms with Gasteiger partial charge in [-0.05, 0) is 41.3 Å². The Morgan fingerprint density at radius 3 is 2.68 bits per heavy atom. The number of benzene rings is 2. The average molecular weight is 303 g/mol. The van der Waals surface area contributed by atoms with Crippen LogP contribution in [0.3, 0.4) is 0 Å². The van der Waals surface area contributed by atoms with Crippen LogP contribution in [0.15, 0.2) is 66.0 Å². The van der Waals surface area contributed by atoms with Crippen molar-refractivity contribution in [2.75, 3.05) is 0 Å². The van der Waals surface area contributed by atoms with Crippen molar-refractivity contribution in [2.24, 2.45) is 0 Å². The van der Waals surface area contributed by atoms with Crippen molar-refractivity contribution < 1.29 is 4.79 Å². The van der Waals surface area contributed by atoms with Gasteiger partial charge in [-0.2, -0.15) is 0 Å². The van der Waals surface area contributed by atoms with Crippen LogP contribution >= 0.6 is 11.3 Å². The number of carbonyl (C=O) groups excluding carboxylic acids is 1. The molecule has 0 bridgehead atoms. The van der Waals surface area contributed by atoms with Crippen molar-refractivity contribution in [1.29, 1.82) is 0 Å². The largest absolute Gasteiger partial charge is 0.294 e. The second-order valence-electron chi connectivity index (χ2n) is 5.30. The maximum absolute atomic E-state index is 12.5. The van der Waals surface area contributed by atoms with Gasteiger partial charge in [0.25, 0.3) is 0 Å². The predicted molar refractivity (Wildman–Crippen MR) is 91.6 cm³/mol. The van der Waals surface area contributed by atoms with Gasteiger partial charge in [0.1, 0.15) is 4.83 Å². The Morgan fingerprint density at radius 1 is 0.955 bits per heavy atom. The summed E-state index contributed by atoms with van der Waals surface area (Å²) in [6.45, 7) is 0. The fraction of sp³-hybridized carbons (Fsp3) is 0.0526. The lowest BCUT2D eigenvalue weighted by atomic mass is 10.0. The fourth-order valence-electron chi connectivity index (χ4n) is 2.62. The van der Waals surface area contributed by atoms with E-state index in [2.05, 4.69) is 17.1 Å². The van der Waals surface area contributed by atoms with E-state index in [1.807, 2.05) is 53.9 Å². The number of Topliss-reactive ketones (excluding diaryl/α,β-unsaturated/α-hetero) is 1. The summed E-state index contributed by atoms with van der Waals surface area (Å²) in [4.78, 5) is 18.1. The average Bonchev–Trinajstić information content (AvgIpc) is 3.00. The van der Waals surface area contributed by atoms with Crippen molar-refractivity contribution in [3.8, 4) is 0 Å². The molecule has 2 aromatic heterocycles. The molecule has 0 aliphatic rings. The lowest BCUT2D eigenvalue weighted by Gasteiger charge is -2.04. The van der Waals surface area contributed by atoms with Crippen molar-refractivity contribution in [3.63, 3.8) is 0 Å². The minimum absolute atomic E-state index is 0.138. The molecule has 2 heterocycles. The third-order valence-corrected chi connectivity index (χ3v) is 4.59. The Labute approximate surface area is 132 Å². The van der Waals surface area contributed by atoms with Crippen LogP contribution in [0, 0.1) is 0 Å². The number of hydrogen-bond acceptors (Lipinski definition) is 3. The first-order valence-corrected chi connectivity index (χ1v) is 8.03. The van der Waals surface area contributed by atoms with Crippen LogP contribution < -0.4 is 0 Å². The molecule has 0 aliphatic heterocycles. The highest BCUT2D eigenvalue weighted by molar-refractivity contribution is 7.16. The molecule has 0 saturated carbocycles. The van der Waals surface area contributed by atoms with Crippen LogP contribution in [0.4, 0.5) is 0 Å². The molecule has 4 aromatic rings. The highest BCUT2D eigenvalue weighted by Crippen LogP contribution is 2.24. The van der Waals surface area contributed by atoms with Crippen LogP contribution in [-0.4, -0.2) is 10.8 Å². The second-order valence-corrected chi connectivity index (χ2v) is 6.19. The molecule has 0 radical (unpaired) electrons. The maximum Gasteiger partial charge on any atom is 0.167 e. The third-order valence-electron chi connectivity index (χ3n) is 3.76. The maximum atomic E-state index is 12.5. The van der Waals surface area contributed by atoms with Gasteiger partial charge in [0.2, 0.25) is 0 Å². The normalized spacial score (nSPS) is 11.1. The summed E-state index contributed by atoms with van der Waals surface area (Å²) in [5, 5.41) is 4.19. The number of ketones is 1. The van der Waals surface area contributed by atoms with Gasteiger partial charge in [-0.25, -0.2) is 4.98 Å². The molecule has 0 saturated heterocycles. The first-order chi connectivity index (χ1) is 10.8. The topological polar surface area (TPSA) is 30.0 Å². The summed E-state index contributed by atoms with van der Waals surface area (Å²) in [6.07, 6.45) is 0.431. The number of fused-ring (bicyclic) bond motifs is 2. The molecule has 0 amide bonds. The van der Waals surface area contributed by atoms with Gasteiger partial charge in [-0.15, -0.1) is 11.3 Å². The minimum Gasteiger partial charge on any atom is -0.294 e. The zero-order valence-electron chi connectivity index (χ0n) is 11.8. The molecule has 0 fully saturated rings. The van der Waals surface area contributed by atoms with Crippen molar-refractivity contribution in [2.45, 2.75) is 6.42 Å². The van der Waals surface area contributed by atoms with Crippen LogP contribution in [0.25, 0.3) is 21.1 Å². The summed E-state index contributed by atoms with van der Waals surface area (Å²) < 4.78 is 0. The molecule has 106 valence electrons. The van der Waals surface area contributed by atoms with E-state index in [0.29, 0.717) is 6.42 Å². The number of nitrogens with zero attached hydrogens (tertiary/aromatic N) is 1. The Morgan fingerprint density at radius 2 is 1.82 bits per heavy atom. The Bertz CT molecular complexity index is 972. The smallest absolute Gasteiger partial charge is 0.167 e. The number of pyridine rings is 1. The van der Waals surface area contributed by atoms with E-state index in [1.54, 1.807) is 11.3 Å². The summed E-state index contributed by atoms with van der Waals surface area (Å²) >= 11 is 1.64. The van der Waals surface area contributed by atoms with Gasteiger partial charge >= 0.3 is 0 Å². The van der Waals surface area contributed by atoms with Gasteiger partial charge in [0.15, 0.2) is 5.78 Å². The molecule has 0 atom stereocenters. The number of carbonyl (C=O) groups is 1. The zero-order chi connectivity index (χ0) is 14.9. The number of thiophene rings is 1. The molecular formula is C19H13NOS. The van der Waals surface area contributed by atoms with E-state index in [4.69, 9.17) is 0 Å². The van der Waals surface area contributed by atoms with Gasteiger partial charge < -0.3 is 0 Å². The van der Waals surface area contributed by atoms with Gasteiger partial charge in [0.05, 0.1) is 5.52 Å². The monoisotopic (exact) mass is 303 g/mol. The predicted octanol–water partition coefficient (Wildman–Crippen LogP) is 4.87. The molecule has 4 rings (SSSR count). The van der Waals surface area contributed by atoms with Crippen LogP contribution in [0.2, 0.25) is 0 Å². The number of rotatable bonds is 3. The van der Waals surface area contributed by atoms with Crippen molar-refractivity contribution in [3.05, 3.63) is 77.2 Å². The van der Waals surface area contributed by atoms with Crippen molar-refractivity contribution >= 4 is 38.2 Å². The summed E-state index contributed by atoms with van der Waals surface area (Å²) in [5.41, 5.74) is 2.72. The Hall–Kier alpha value is -2.52. The summed E-state index contributed by atoms with van der Waals surface area (Å²) in [5.74, 6) is 0.138. The fourth-order valence-corrected chi connectivity index (χ4v) is 3.38. The van der Waals surface area contributed by atoms with E-state index in [1.165, 1.54) is 0 Å².